The van der Waals surface area contributed by atoms with Crippen molar-refractivity contribution in [2.24, 2.45) is 501 Å². The van der Waals surface area contributed by atoms with Crippen LogP contribution in [0, 0.1) is 501 Å². The van der Waals surface area contributed by atoms with Crippen LogP contribution < -0.4 is 0 Å². The van der Waals surface area contributed by atoms with Crippen molar-refractivity contribution in [3.8, 4) is 0 Å². The van der Waals surface area contributed by atoms with Gasteiger partial charge in [0.05, 0.1) is 0 Å². The van der Waals surface area contributed by atoms with Crippen molar-refractivity contribution in [2.75, 3.05) is 0 Å². The number of rotatable bonds is 0. The predicted octanol–water partition coefficient (Wildman–Crippen LogP) is 19.6. The molecule has 50 rings (SSSR count). The summed E-state index contributed by atoms with van der Waals surface area (Å²) >= 11 is 0. The summed E-state index contributed by atoms with van der Waals surface area (Å²) in [7, 11) is 0. The molecule has 0 nitrogen and oxygen atoms in total. The van der Waals surface area contributed by atoms with E-state index in [0.717, 1.165) is 27.1 Å². The molecule has 0 bridgehead atoms. The Morgan fingerprint density at radius 2 is 0.227 bits per heavy atom. The van der Waals surface area contributed by atoms with Gasteiger partial charge in [-0.15, -0.1) is 0 Å². The summed E-state index contributed by atoms with van der Waals surface area (Å²) in [5.74, 6) is 104. The van der Waals surface area contributed by atoms with Crippen LogP contribution in [0.1, 0.15) is 161 Å². The lowest BCUT2D eigenvalue weighted by molar-refractivity contribution is -0.512. The average molecular weight is 1450 g/mol. The summed E-state index contributed by atoms with van der Waals surface area (Å²) in [6.45, 7) is 0. The first-order chi connectivity index (χ1) is 54.6. The SMILES string of the molecule is C1CC2C1C1C2C2C1C1C2C2C1C1C2C2C1C1CC3CCC312.C1CC2C1C1C2C2C1C1C2C2C1C1C2C2C1C1CC3CCC312.C1CC2C1C1C2C2C1C1C2C2C1C1C2C2C1C1CC3CCC312.C1CC2C1C1C2C2C1C1C2C2C1C1C2C2C1C1CC3CCC312.C1CC2C1C1C2C2C1C1C2C2C1C1C2C2C1C1CC3CCC312. The van der Waals surface area contributed by atoms with E-state index in [2.05, 4.69) is 0 Å². The summed E-state index contributed by atoms with van der Waals surface area (Å²) in [5.41, 5.74) is 5.08. The Hall–Kier alpha value is 0. The Kier molecular flexibility index (Phi) is 7.22. The molecule has 85 atom stereocenters. The maximum absolute atomic E-state index is 1.69. The van der Waals surface area contributed by atoms with Crippen molar-refractivity contribution in [1.82, 2.24) is 0 Å². The first-order valence-electron chi connectivity index (χ1n) is 54.6. The predicted molar refractivity (Wildman–Crippen MR) is 407 cm³/mol. The molecule has 0 heterocycles. The molecule has 0 N–H and O–H groups in total. The molecule has 50 aliphatic carbocycles. The third-order valence-electron chi connectivity index (χ3n) is 67.1. The van der Waals surface area contributed by atoms with Crippen molar-refractivity contribution in [1.29, 1.82) is 0 Å². The molecular formula is C110H130. The van der Waals surface area contributed by atoms with Crippen molar-refractivity contribution in [3.63, 3.8) is 0 Å². The second-order valence-electron chi connectivity index (χ2n) is 59.9. The summed E-state index contributed by atoms with van der Waals surface area (Å²) in [4.78, 5) is 0. The van der Waals surface area contributed by atoms with Crippen LogP contribution in [0.25, 0.3) is 0 Å². The zero-order valence-electron chi connectivity index (χ0n) is 66.4. The van der Waals surface area contributed by atoms with Gasteiger partial charge in [0.2, 0.25) is 0 Å². The summed E-state index contributed by atoms with van der Waals surface area (Å²) in [6, 6.07) is 0. The highest BCUT2D eigenvalue weighted by molar-refractivity contribution is 5.48. The van der Waals surface area contributed by atoms with Crippen LogP contribution in [0.15, 0.2) is 0 Å². The molecular weight excluding hydrogens is 1320 g/mol. The van der Waals surface area contributed by atoms with Crippen molar-refractivity contribution < 1.29 is 0 Å². The van der Waals surface area contributed by atoms with Gasteiger partial charge in [0.15, 0.2) is 0 Å². The zero-order chi connectivity index (χ0) is 66.4. The van der Waals surface area contributed by atoms with Gasteiger partial charge >= 0.3 is 0 Å². The van der Waals surface area contributed by atoms with E-state index in [-0.39, 0.29) is 0 Å². The second kappa shape index (κ2) is 14.6. The molecule has 0 heteroatoms. The Balaban J connectivity index is 0.0000000581. The molecule has 50 fully saturated rings. The van der Waals surface area contributed by atoms with Gasteiger partial charge in [0.1, 0.15) is 0 Å². The molecule has 0 aromatic heterocycles. The summed E-state index contributed by atoms with van der Waals surface area (Å²) in [6.07, 6.45) is 41.4. The molecule has 0 aromatic rings. The lowest BCUT2D eigenvalue weighted by atomic mass is 9.06. The zero-order valence-corrected chi connectivity index (χ0v) is 66.4. The van der Waals surface area contributed by atoms with Crippen LogP contribution in [0.4, 0.5) is 0 Å². The first-order valence-corrected chi connectivity index (χ1v) is 54.6. The molecule has 0 aromatic carbocycles. The van der Waals surface area contributed by atoms with Gasteiger partial charge < -0.3 is 0 Å². The molecule has 50 aliphatic rings. The molecule has 570 valence electrons. The van der Waals surface area contributed by atoms with E-state index >= 15 is 0 Å². The lowest BCUT2D eigenvalue weighted by Gasteiger charge is -2.98. The standard InChI is InChI=1S/5C22H26/c5*1-2-8-7(1)10-11(8)14-13(10)16-17(14)19-18(16)15-12-9-5-6-3-4-22(6,9)21(12)20(15)19/h5*6-21H,1-5H2. The van der Waals surface area contributed by atoms with Crippen LogP contribution >= 0.6 is 0 Å². The van der Waals surface area contributed by atoms with Gasteiger partial charge in [-0.25, -0.2) is 0 Å². The highest BCUT2D eigenvalue weighted by atomic mass is 15.1. The molecule has 0 radical (unpaired) electrons. The van der Waals surface area contributed by atoms with E-state index in [0.29, 0.717) is 0 Å². The normalized spacial score (nSPS) is 92.7. The van der Waals surface area contributed by atoms with Crippen molar-refractivity contribution in [3.05, 3.63) is 0 Å². The monoisotopic (exact) mass is 1450 g/mol. The van der Waals surface area contributed by atoms with Gasteiger partial charge in [-0.05, 0) is 661 Å². The molecule has 0 amide bonds. The van der Waals surface area contributed by atoms with E-state index in [4.69, 9.17) is 0 Å². The third-order valence-corrected chi connectivity index (χ3v) is 67.1. The fraction of sp³-hybridized carbons (Fsp3) is 1.00. The van der Waals surface area contributed by atoms with Crippen LogP contribution in [0.2, 0.25) is 0 Å². The summed E-state index contributed by atoms with van der Waals surface area (Å²) in [5, 5.41) is 0. The van der Waals surface area contributed by atoms with E-state index in [1.165, 1.54) is 473 Å². The highest BCUT2D eigenvalue weighted by Crippen LogP contribution is 3.05. The molecule has 50 saturated carbocycles. The fourth-order valence-corrected chi connectivity index (χ4v) is 65.5. The Morgan fingerprint density at radius 1 is 0.109 bits per heavy atom. The minimum absolute atomic E-state index is 1.02. The Bertz CT molecular complexity index is 4090. The third kappa shape index (κ3) is 3.87. The van der Waals surface area contributed by atoms with Crippen LogP contribution in [-0.2, 0) is 0 Å². The molecule has 5 spiro atoms. The molecule has 0 saturated heterocycles. The Labute approximate surface area is 656 Å². The number of hydrogen-bond donors (Lipinski definition) is 0. The largest absolute Gasteiger partial charge is 0.0496 e. The van der Waals surface area contributed by atoms with E-state index in [1.54, 1.807) is 161 Å². The van der Waals surface area contributed by atoms with Crippen LogP contribution in [-0.4, -0.2) is 0 Å². The van der Waals surface area contributed by atoms with Gasteiger partial charge in [-0.3, -0.25) is 0 Å². The van der Waals surface area contributed by atoms with E-state index in [9.17, 15) is 0 Å². The van der Waals surface area contributed by atoms with Gasteiger partial charge in [-0.1, -0.05) is 0 Å². The van der Waals surface area contributed by atoms with E-state index in [1.807, 2.05) is 0 Å². The summed E-state index contributed by atoms with van der Waals surface area (Å²) < 4.78 is 0. The number of hydrogen-bond acceptors (Lipinski definition) is 0. The lowest BCUT2D eigenvalue weighted by Crippen LogP contribution is -2.94. The van der Waals surface area contributed by atoms with Crippen LogP contribution in [0.3, 0.4) is 0 Å². The average Bonchev–Trinajstić information content (AvgIpc) is 0.602. The quantitative estimate of drug-likeness (QED) is 0.212. The smallest absolute Gasteiger partial charge is 0.0204 e. The fourth-order valence-electron chi connectivity index (χ4n) is 65.5. The van der Waals surface area contributed by atoms with Gasteiger partial charge in [0.25, 0.3) is 0 Å². The van der Waals surface area contributed by atoms with Gasteiger partial charge in [-0.2, -0.15) is 0 Å². The molecule has 0 aliphatic heterocycles. The minimum atomic E-state index is 1.02. The second-order valence-corrected chi connectivity index (χ2v) is 59.9. The van der Waals surface area contributed by atoms with Crippen LogP contribution in [0.5, 0.6) is 0 Å². The van der Waals surface area contributed by atoms with Crippen molar-refractivity contribution >= 4 is 0 Å². The van der Waals surface area contributed by atoms with Gasteiger partial charge in [0, 0.05) is 0 Å². The molecule has 85 unspecified atom stereocenters. The number of fused-ring (bicyclic) bond motifs is 100. The maximum atomic E-state index is 1.69. The van der Waals surface area contributed by atoms with E-state index < -0.39 is 0 Å². The van der Waals surface area contributed by atoms with Crippen molar-refractivity contribution in [2.45, 2.75) is 161 Å². The molecule has 110 heavy (non-hydrogen) atoms. The first kappa shape index (κ1) is 54.4. The minimum Gasteiger partial charge on any atom is -0.0496 e. The highest BCUT2D eigenvalue weighted by Gasteiger charge is 3.01. The topological polar surface area (TPSA) is 0 Å². The Morgan fingerprint density at radius 3 is 0.336 bits per heavy atom. The maximum Gasteiger partial charge on any atom is -0.0204 e.